The van der Waals surface area contributed by atoms with Crippen molar-refractivity contribution < 1.29 is 13.2 Å². The summed E-state index contributed by atoms with van der Waals surface area (Å²) >= 11 is 0. The van der Waals surface area contributed by atoms with Gasteiger partial charge in [-0.05, 0) is 18.6 Å². The average Bonchev–Trinajstić information content (AvgIpc) is 3.18. The number of nitrogens with zero attached hydrogens (tertiary/aromatic N) is 4. The molecule has 2 aromatic rings. The second-order valence-electron chi connectivity index (χ2n) is 7.05. The summed E-state index contributed by atoms with van der Waals surface area (Å²) in [4.78, 5) is 22.8. The van der Waals surface area contributed by atoms with E-state index in [1.807, 2.05) is 4.90 Å². The van der Waals surface area contributed by atoms with E-state index in [0.29, 0.717) is 24.4 Å². The SMILES string of the molecule is CC(=O)N1CC[C@H](c2ncc3c(n2)CCN(S(=O)(=O)c2ccccc2)C3)C1. The summed E-state index contributed by atoms with van der Waals surface area (Å²) in [5, 5.41) is 0. The lowest BCUT2D eigenvalue weighted by Crippen LogP contribution is -2.36. The summed E-state index contributed by atoms with van der Waals surface area (Å²) in [5.74, 6) is 0.999. The first kappa shape index (κ1) is 18.1. The van der Waals surface area contributed by atoms with E-state index < -0.39 is 10.0 Å². The normalized spacial score (nSPS) is 20.5. The number of amides is 1. The highest BCUT2D eigenvalue weighted by atomic mass is 32.2. The molecule has 4 rings (SSSR count). The Morgan fingerprint density at radius 3 is 2.67 bits per heavy atom. The lowest BCUT2D eigenvalue weighted by atomic mass is 10.1. The minimum absolute atomic E-state index is 0.0808. The van der Waals surface area contributed by atoms with Crippen LogP contribution in [0.3, 0.4) is 0 Å². The minimum Gasteiger partial charge on any atom is -0.342 e. The summed E-state index contributed by atoms with van der Waals surface area (Å²) in [5.41, 5.74) is 1.77. The van der Waals surface area contributed by atoms with E-state index in [9.17, 15) is 13.2 Å². The maximum absolute atomic E-state index is 12.8. The Kier molecular flexibility index (Phi) is 4.69. The van der Waals surface area contributed by atoms with E-state index in [2.05, 4.69) is 4.98 Å². The van der Waals surface area contributed by atoms with Gasteiger partial charge in [-0.15, -0.1) is 0 Å². The molecule has 0 bridgehead atoms. The highest BCUT2D eigenvalue weighted by Crippen LogP contribution is 2.28. The fraction of sp³-hybridized carbons (Fsp3) is 0.421. The second kappa shape index (κ2) is 7.01. The monoisotopic (exact) mass is 386 g/mol. The molecule has 1 atom stereocenters. The molecule has 1 fully saturated rings. The van der Waals surface area contributed by atoms with Crippen LogP contribution < -0.4 is 0 Å². The van der Waals surface area contributed by atoms with Crippen LogP contribution in [-0.2, 0) is 27.8 Å². The summed E-state index contributed by atoms with van der Waals surface area (Å²) in [6.45, 7) is 3.67. The third kappa shape index (κ3) is 3.46. The van der Waals surface area contributed by atoms with Crippen molar-refractivity contribution in [3.8, 4) is 0 Å². The van der Waals surface area contributed by atoms with Crippen molar-refractivity contribution >= 4 is 15.9 Å². The number of sulfonamides is 1. The summed E-state index contributed by atoms with van der Waals surface area (Å²) in [7, 11) is -3.51. The van der Waals surface area contributed by atoms with Crippen LogP contribution in [0.2, 0.25) is 0 Å². The Bertz CT molecular complexity index is 962. The number of aromatic nitrogens is 2. The fourth-order valence-electron chi connectivity index (χ4n) is 3.71. The number of likely N-dealkylation sites (tertiary alicyclic amines) is 1. The van der Waals surface area contributed by atoms with Crippen LogP contribution in [0, 0.1) is 0 Å². The van der Waals surface area contributed by atoms with Crippen molar-refractivity contribution in [1.29, 1.82) is 0 Å². The smallest absolute Gasteiger partial charge is 0.243 e. The van der Waals surface area contributed by atoms with Gasteiger partial charge in [0.25, 0.3) is 0 Å². The number of carbonyl (C=O) groups is 1. The fourth-order valence-corrected chi connectivity index (χ4v) is 5.15. The maximum Gasteiger partial charge on any atom is 0.243 e. The van der Waals surface area contributed by atoms with Gasteiger partial charge in [0.2, 0.25) is 15.9 Å². The Morgan fingerprint density at radius 1 is 1.19 bits per heavy atom. The third-order valence-electron chi connectivity index (χ3n) is 5.30. The van der Waals surface area contributed by atoms with E-state index in [1.54, 1.807) is 43.5 Å². The van der Waals surface area contributed by atoms with Crippen molar-refractivity contribution in [3.63, 3.8) is 0 Å². The Labute approximate surface area is 159 Å². The molecule has 2 aliphatic heterocycles. The zero-order valence-electron chi connectivity index (χ0n) is 15.2. The highest BCUT2D eigenvalue weighted by molar-refractivity contribution is 7.89. The molecule has 1 amide bonds. The van der Waals surface area contributed by atoms with Gasteiger partial charge in [0.15, 0.2) is 0 Å². The zero-order valence-corrected chi connectivity index (χ0v) is 16.0. The largest absolute Gasteiger partial charge is 0.342 e. The molecule has 2 aliphatic rings. The molecule has 1 aromatic carbocycles. The average molecular weight is 386 g/mol. The number of benzene rings is 1. The van der Waals surface area contributed by atoms with Crippen molar-refractivity contribution in [2.24, 2.45) is 0 Å². The van der Waals surface area contributed by atoms with Crippen LogP contribution in [0.4, 0.5) is 0 Å². The van der Waals surface area contributed by atoms with Gasteiger partial charge < -0.3 is 4.90 Å². The zero-order chi connectivity index (χ0) is 19.0. The number of hydrogen-bond donors (Lipinski definition) is 0. The van der Waals surface area contributed by atoms with Crippen molar-refractivity contribution in [1.82, 2.24) is 19.2 Å². The van der Waals surface area contributed by atoms with Gasteiger partial charge in [0.05, 0.1) is 4.90 Å². The molecule has 1 aromatic heterocycles. The van der Waals surface area contributed by atoms with Gasteiger partial charge in [-0.3, -0.25) is 4.79 Å². The van der Waals surface area contributed by atoms with Gasteiger partial charge in [0.1, 0.15) is 5.82 Å². The topological polar surface area (TPSA) is 83.5 Å². The molecular formula is C19H22N4O3S. The molecule has 1 saturated heterocycles. The van der Waals surface area contributed by atoms with Gasteiger partial charge in [-0.1, -0.05) is 18.2 Å². The van der Waals surface area contributed by atoms with Crippen LogP contribution in [0.15, 0.2) is 41.4 Å². The molecule has 27 heavy (non-hydrogen) atoms. The molecule has 7 nitrogen and oxygen atoms in total. The molecule has 8 heteroatoms. The molecule has 3 heterocycles. The van der Waals surface area contributed by atoms with Crippen molar-refractivity contribution in [2.45, 2.75) is 37.1 Å². The lowest BCUT2D eigenvalue weighted by Gasteiger charge is -2.27. The van der Waals surface area contributed by atoms with Crippen LogP contribution in [-0.4, -0.2) is 53.1 Å². The van der Waals surface area contributed by atoms with Crippen molar-refractivity contribution in [3.05, 3.63) is 53.6 Å². The van der Waals surface area contributed by atoms with E-state index >= 15 is 0 Å². The van der Waals surface area contributed by atoms with Crippen molar-refractivity contribution in [2.75, 3.05) is 19.6 Å². The summed E-state index contributed by atoms with van der Waals surface area (Å²) in [6, 6.07) is 8.49. The molecule has 0 saturated carbocycles. The van der Waals surface area contributed by atoms with Gasteiger partial charge in [-0.25, -0.2) is 18.4 Å². The third-order valence-corrected chi connectivity index (χ3v) is 7.16. The predicted molar refractivity (Wildman–Crippen MR) is 99.4 cm³/mol. The van der Waals surface area contributed by atoms with E-state index in [0.717, 1.165) is 30.0 Å². The molecular weight excluding hydrogens is 364 g/mol. The molecule has 0 unspecified atom stereocenters. The molecule has 142 valence electrons. The van der Waals surface area contributed by atoms with Gasteiger partial charge in [0, 0.05) is 62.9 Å². The number of carbonyl (C=O) groups excluding carboxylic acids is 1. The van der Waals surface area contributed by atoms with Gasteiger partial charge in [-0.2, -0.15) is 4.31 Å². The predicted octanol–water partition coefficient (Wildman–Crippen LogP) is 1.56. The maximum atomic E-state index is 12.8. The first-order valence-electron chi connectivity index (χ1n) is 9.10. The Morgan fingerprint density at radius 2 is 1.96 bits per heavy atom. The van der Waals surface area contributed by atoms with E-state index in [-0.39, 0.29) is 18.4 Å². The van der Waals surface area contributed by atoms with Gasteiger partial charge >= 0.3 is 0 Å². The standard InChI is InChI=1S/C19H22N4O3S/c1-14(24)22-9-7-15(12-22)19-20-11-16-13-23(10-8-18(16)21-19)27(25,26)17-5-3-2-4-6-17/h2-6,11,15H,7-10,12-13H2,1H3/t15-/m0/s1. The number of rotatable bonds is 3. The molecule has 0 radical (unpaired) electrons. The van der Waals surface area contributed by atoms with Crippen LogP contribution in [0.1, 0.15) is 36.3 Å². The Hall–Kier alpha value is -2.32. The first-order valence-corrected chi connectivity index (χ1v) is 10.5. The summed E-state index contributed by atoms with van der Waals surface area (Å²) < 4.78 is 27.1. The quantitative estimate of drug-likeness (QED) is 0.799. The molecule has 0 N–H and O–H groups in total. The minimum atomic E-state index is -3.51. The van der Waals surface area contributed by atoms with E-state index in [4.69, 9.17) is 4.98 Å². The van der Waals surface area contributed by atoms with Crippen LogP contribution in [0.25, 0.3) is 0 Å². The lowest BCUT2D eigenvalue weighted by molar-refractivity contribution is -0.127. The van der Waals surface area contributed by atoms with E-state index in [1.165, 1.54) is 4.31 Å². The number of hydrogen-bond acceptors (Lipinski definition) is 5. The first-order chi connectivity index (χ1) is 12.9. The highest BCUT2D eigenvalue weighted by Gasteiger charge is 2.31. The molecule has 0 spiro atoms. The Balaban J connectivity index is 1.53. The summed E-state index contributed by atoms with van der Waals surface area (Å²) in [6.07, 6.45) is 3.19. The van der Waals surface area contributed by atoms with Crippen LogP contribution >= 0.6 is 0 Å². The van der Waals surface area contributed by atoms with Crippen LogP contribution in [0.5, 0.6) is 0 Å². The number of fused-ring (bicyclic) bond motifs is 1. The second-order valence-corrected chi connectivity index (χ2v) is 8.99. The molecule has 0 aliphatic carbocycles.